The molecular formula is C51H42Cl2N2O6. The highest BCUT2D eigenvalue weighted by Gasteiger charge is 2.18. The van der Waals surface area contributed by atoms with E-state index >= 15 is 0 Å². The monoisotopic (exact) mass is 848 g/mol. The van der Waals surface area contributed by atoms with Gasteiger partial charge in [0, 0.05) is 43.9 Å². The Bertz CT molecular complexity index is 2760. The van der Waals surface area contributed by atoms with Gasteiger partial charge in [-0.25, -0.2) is 9.59 Å². The number of hydrogen-bond acceptors (Lipinski definition) is 5. The summed E-state index contributed by atoms with van der Waals surface area (Å²) >= 11 is 12.7. The molecule has 2 aromatic heterocycles. The topological polar surface area (TPSA) is 91.9 Å². The van der Waals surface area contributed by atoms with Gasteiger partial charge in [-0.1, -0.05) is 83.9 Å². The second-order valence-electron chi connectivity index (χ2n) is 14.1. The van der Waals surface area contributed by atoms with Crippen molar-refractivity contribution >= 4 is 35.1 Å². The molecule has 0 amide bonds. The van der Waals surface area contributed by atoms with E-state index in [0.29, 0.717) is 28.8 Å². The van der Waals surface area contributed by atoms with Crippen LogP contribution in [-0.4, -0.2) is 33.3 Å². The fourth-order valence-corrected chi connectivity index (χ4v) is 7.27. The van der Waals surface area contributed by atoms with Crippen molar-refractivity contribution in [2.45, 2.75) is 27.1 Å². The number of nitrogens with zero attached hydrogens (tertiary/aromatic N) is 2. The lowest BCUT2D eigenvalue weighted by Crippen LogP contribution is -2.04. The predicted molar refractivity (Wildman–Crippen MR) is 242 cm³/mol. The average Bonchev–Trinajstić information content (AvgIpc) is 3.87. The van der Waals surface area contributed by atoms with Crippen LogP contribution in [0.15, 0.2) is 170 Å². The first-order valence-electron chi connectivity index (χ1n) is 19.4. The first-order chi connectivity index (χ1) is 29.6. The molecule has 0 atom stereocenters. The van der Waals surface area contributed by atoms with E-state index < -0.39 is 5.97 Å². The van der Waals surface area contributed by atoms with Crippen LogP contribution in [-0.2, 0) is 18.0 Å². The van der Waals surface area contributed by atoms with Gasteiger partial charge in [-0.3, -0.25) is 0 Å². The van der Waals surface area contributed by atoms with Gasteiger partial charge in [0.15, 0.2) is 0 Å². The summed E-state index contributed by atoms with van der Waals surface area (Å²) < 4.78 is 21.3. The molecule has 0 radical (unpaired) electrons. The Morgan fingerprint density at radius 1 is 0.525 bits per heavy atom. The van der Waals surface area contributed by atoms with Crippen molar-refractivity contribution in [2.24, 2.45) is 0 Å². The molecule has 0 fully saturated rings. The van der Waals surface area contributed by atoms with E-state index in [4.69, 9.17) is 37.4 Å². The van der Waals surface area contributed by atoms with Gasteiger partial charge in [0.05, 0.1) is 29.6 Å². The van der Waals surface area contributed by atoms with Crippen LogP contribution < -0.4 is 9.47 Å². The molecule has 8 nitrogen and oxygen atoms in total. The number of hydrogen-bond donors (Lipinski definition) is 1. The van der Waals surface area contributed by atoms with Crippen molar-refractivity contribution in [3.63, 3.8) is 0 Å². The van der Waals surface area contributed by atoms with Crippen molar-refractivity contribution < 1.29 is 28.9 Å². The quantitative estimate of drug-likeness (QED) is 0.123. The third kappa shape index (κ3) is 10.1. The van der Waals surface area contributed by atoms with Crippen LogP contribution in [0.25, 0.3) is 33.9 Å². The summed E-state index contributed by atoms with van der Waals surface area (Å²) in [6.45, 7) is 4.95. The second kappa shape index (κ2) is 19.4. The van der Waals surface area contributed by atoms with Gasteiger partial charge in [-0.2, -0.15) is 0 Å². The van der Waals surface area contributed by atoms with Gasteiger partial charge >= 0.3 is 11.9 Å². The number of ether oxygens (including phenoxy) is 3. The summed E-state index contributed by atoms with van der Waals surface area (Å²) in [6, 6.07) is 53.5. The normalized spacial score (nSPS) is 10.7. The van der Waals surface area contributed by atoms with Crippen LogP contribution >= 0.6 is 23.2 Å². The van der Waals surface area contributed by atoms with E-state index in [2.05, 4.69) is 9.13 Å². The van der Waals surface area contributed by atoms with E-state index in [0.717, 1.165) is 67.9 Å². The number of rotatable bonds is 12. The van der Waals surface area contributed by atoms with Crippen LogP contribution in [0.4, 0.5) is 0 Å². The van der Waals surface area contributed by atoms with Crippen LogP contribution in [0.2, 0.25) is 10.0 Å². The zero-order valence-corrected chi connectivity index (χ0v) is 35.2. The van der Waals surface area contributed by atoms with Gasteiger partial charge in [0.2, 0.25) is 0 Å². The van der Waals surface area contributed by atoms with Crippen LogP contribution in [0.3, 0.4) is 0 Å². The smallest absolute Gasteiger partial charge is 0.337 e. The summed E-state index contributed by atoms with van der Waals surface area (Å²) in [5, 5.41) is 10.4. The molecule has 61 heavy (non-hydrogen) atoms. The molecule has 10 heteroatoms. The maximum Gasteiger partial charge on any atom is 0.337 e. The molecule has 6 aromatic carbocycles. The lowest BCUT2D eigenvalue weighted by atomic mass is 10.1. The Morgan fingerprint density at radius 2 is 0.934 bits per heavy atom. The van der Waals surface area contributed by atoms with E-state index in [1.807, 2.05) is 147 Å². The summed E-state index contributed by atoms with van der Waals surface area (Å²) in [5.41, 5.74) is 10.4. The minimum absolute atomic E-state index is 0.250. The number of carbonyl (C=O) groups is 2. The molecule has 306 valence electrons. The fraction of sp³-hybridized carbons (Fsp3) is 0.0980. The number of aryl methyl sites for hydroxylation is 2. The SMILES string of the molecule is COC(=O)c1ccc(-n2c(C)ccc2-c2cc(Cl)ccc2OCc2ccccc2)cc1.Cc1ccc(-c2cc(Cl)ccc2OCc2ccccc2)n1-c1ccc(C(=O)O)cc1. The number of esters is 1. The highest BCUT2D eigenvalue weighted by atomic mass is 35.5. The number of carboxylic acids is 1. The standard InChI is InChI=1S/C26H22ClNO3.C25H20ClNO3/c1-18-8-14-24(28(18)22-12-9-20(10-13-22)26(29)30-2)23-16-21(27)11-15-25(23)31-17-19-6-4-3-5-7-19;1-17-7-13-23(27(17)21-11-8-19(9-12-21)25(28)29)22-15-20(26)10-14-24(22)30-16-18-5-3-2-4-6-18/h3-16H,17H2,1-2H3;2-15H,16H2,1H3,(H,28,29). The number of aromatic nitrogens is 2. The molecule has 0 aliphatic rings. The van der Waals surface area contributed by atoms with E-state index in [-0.39, 0.29) is 11.5 Å². The minimum Gasteiger partial charge on any atom is -0.488 e. The molecule has 0 unspecified atom stereocenters. The lowest BCUT2D eigenvalue weighted by Gasteiger charge is -2.16. The predicted octanol–water partition coefficient (Wildman–Crippen LogP) is 12.9. The molecule has 0 aliphatic heterocycles. The van der Waals surface area contributed by atoms with Crippen molar-refractivity contribution in [3.8, 4) is 45.4 Å². The molecular weight excluding hydrogens is 807 g/mol. The number of benzene rings is 6. The third-order valence-electron chi connectivity index (χ3n) is 9.98. The molecule has 0 bridgehead atoms. The molecule has 8 aromatic rings. The summed E-state index contributed by atoms with van der Waals surface area (Å²) in [7, 11) is 1.38. The molecule has 2 heterocycles. The summed E-state index contributed by atoms with van der Waals surface area (Å²) in [5.74, 6) is 0.170. The Balaban J connectivity index is 0.000000184. The van der Waals surface area contributed by atoms with Gasteiger partial charge in [0.25, 0.3) is 0 Å². The Hall–Kier alpha value is -7.00. The van der Waals surface area contributed by atoms with Gasteiger partial charge in [-0.15, -0.1) is 0 Å². The fourth-order valence-electron chi connectivity index (χ4n) is 6.93. The third-order valence-corrected chi connectivity index (χ3v) is 10.5. The first kappa shape index (κ1) is 42.1. The average molecular weight is 850 g/mol. The first-order valence-corrected chi connectivity index (χ1v) is 20.2. The highest BCUT2D eigenvalue weighted by Crippen LogP contribution is 2.38. The number of halogens is 2. The summed E-state index contributed by atoms with van der Waals surface area (Å²) in [4.78, 5) is 23.0. The van der Waals surface area contributed by atoms with E-state index in [1.165, 1.54) is 7.11 Å². The lowest BCUT2D eigenvalue weighted by molar-refractivity contribution is 0.0599. The van der Waals surface area contributed by atoms with Crippen LogP contribution in [0, 0.1) is 13.8 Å². The highest BCUT2D eigenvalue weighted by molar-refractivity contribution is 6.31. The van der Waals surface area contributed by atoms with Crippen molar-refractivity contribution in [1.82, 2.24) is 9.13 Å². The Morgan fingerprint density at radius 3 is 1.33 bits per heavy atom. The van der Waals surface area contributed by atoms with E-state index in [9.17, 15) is 14.7 Å². The maximum absolute atomic E-state index is 11.8. The number of aromatic carboxylic acids is 1. The molecule has 0 saturated heterocycles. The second-order valence-corrected chi connectivity index (χ2v) is 15.0. The van der Waals surface area contributed by atoms with Crippen molar-refractivity contribution in [3.05, 3.63) is 214 Å². The zero-order valence-electron chi connectivity index (χ0n) is 33.7. The molecule has 0 aliphatic carbocycles. The van der Waals surface area contributed by atoms with Gasteiger partial charge in [-0.05, 0) is 134 Å². The number of carbonyl (C=O) groups excluding carboxylic acids is 1. The van der Waals surface area contributed by atoms with E-state index in [1.54, 1.807) is 36.4 Å². The number of carboxylic acid groups (broad SMARTS) is 1. The Labute approximate surface area is 364 Å². The molecule has 8 rings (SSSR count). The Kier molecular flexibility index (Phi) is 13.4. The van der Waals surface area contributed by atoms with Crippen LogP contribution in [0.5, 0.6) is 11.5 Å². The molecule has 0 spiro atoms. The number of methoxy groups -OCH3 is 1. The maximum atomic E-state index is 11.8. The van der Waals surface area contributed by atoms with Crippen LogP contribution in [0.1, 0.15) is 43.2 Å². The zero-order chi connectivity index (χ0) is 42.9. The van der Waals surface area contributed by atoms with Crippen molar-refractivity contribution in [1.29, 1.82) is 0 Å². The summed E-state index contributed by atoms with van der Waals surface area (Å²) in [6.07, 6.45) is 0. The van der Waals surface area contributed by atoms with Crippen molar-refractivity contribution in [2.75, 3.05) is 7.11 Å². The van der Waals surface area contributed by atoms with Gasteiger partial charge < -0.3 is 28.5 Å². The molecule has 0 saturated carbocycles. The minimum atomic E-state index is -0.947. The molecule has 1 N–H and O–H groups in total. The largest absolute Gasteiger partial charge is 0.488 e. The van der Waals surface area contributed by atoms with Gasteiger partial charge in [0.1, 0.15) is 24.7 Å².